The molecule has 20 heavy (non-hydrogen) atoms. The molecule has 0 saturated carbocycles. The Morgan fingerprint density at radius 3 is 2.35 bits per heavy atom. The van der Waals surface area contributed by atoms with E-state index in [0.29, 0.717) is 27.4 Å². The molecular weight excluding hydrogens is 301 g/mol. The first-order chi connectivity index (χ1) is 9.38. The van der Waals surface area contributed by atoms with E-state index in [1.165, 1.54) is 0 Å². The molecule has 7 heteroatoms. The highest BCUT2D eigenvalue weighted by Gasteiger charge is 2.17. The standard InChI is InChI=1S/C13H13Cl2N3O2/c1-6-10(14)4-9(5-11(6)15)12(19)16-7(2)13-18-17-8(3)20-13/h4-5,7H,1-3H3,(H,16,19). The summed E-state index contributed by atoms with van der Waals surface area (Å²) in [5.74, 6) is 0.486. The lowest BCUT2D eigenvalue weighted by molar-refractivity contribution is 0.0934. The van der Waals surface area contributed by atoms with Crippen LogP contribution in [0.3, 0.4) is 0 Å². The Morgan fingerprint density at radius 1 is 1.25 bits per heavy atom. The van der Waals surface area contributed by atoms with Gasteiger partial charge in [-0.1, -0.05) is 23.2 Å². The number of amides is 1. The number of aryl methyl sites for hydroxylation is 1. The molecule has 1 N–H and O–H groups in total. The number of carbonyl (C=O) groups excluding carboxylic acids is 1. The number of rotatable bonds is 3. The van der Waals surface area contributed by atoms with Gasteiger partial charge in [0.15, 0.2) is 0 Å². The second kappa shape index (κ2) is 5.81. The molecule has 1 unspecified atom stereocenters. The zero-order valence-electron chi connectivity index (χ0n) is 11.2. The van der Waals surface area contributed by atoms with E-state index in [1.54, 1.807) is 32.9 Å². The number of halogens is 2. The highest BCUT2D eigenvalue weighted by Crippen LogP contribution is 2.25. The van der Waals surface area contributed by atoms with E-state index in [0.717, 1.165) is 5.56 Å². The zero-order valence-corrected chi connectivity index (χ0v) is 12.7. The summed E-state index contributed by atoms with van der Waals surface area (Å²) < 4.78 is 5.26. The van der Waals surface area contributed by atoms with Gasteiger partial charge in [-0.2, -0.15) is 0 Å². The van der Waals surface area contributed by atoms with Gasteiger partial charge in [0, 0.05) is 22.5 Å². The summed E-state index contributed by atoms with van der Waals surface area (Å²) in [5, 5.41) is 11.2. The number of hydrogen-bond acceptors (Lipinski definition) is 4. The Kier molecular flexibility index (Phi) is 4.30. The third kappa shape index (κ3) is 3.11. The van der Waals surface area contributed by atoms with Gasteiger partial charge >= 0.3 is 0 Å². The van der Waals surface area contributed by atoms with E-state index in [9.17, 15) is 4.79 Å². The SMILES string of the molecule is Cc1nnc(C(C)NC(=O)c2cc(Cl)c(C)c(Cl)c2)o1. The smallest absolute Gasteiger partial charge is 0.252 e. The van der Waals surface area contributed by atoms with Crippen LogP contribution in [-0.4, -0.2) is 16.1 Å². The van der Waals surface area contributed by atoms with E-state index in [-0.39, 0.29) is 5.91 Å². The maximum Gasteiger partial charge on any atom is 0.252 e. The molecule has 0 spiro atoms. The van der Waals surface area contributed by atoms with Gasteiger partial charge in [0.05, 0.1) is 0 Å². The molecule has 2 rings (SSSR count). The highest BCUT2D eigenvalue weighted by atomic mass is 35.5. The molecule has 0 saturated heterocycles. The summed E-state index contributed by atoms with van der Waals surface area (Å²) in [6.45, 7) is 5.23. The maximum atomic E-state index is 12.1. The minimum Gasteiger partial charge on any atom is -0.423 e. The highest BCUT2D eigenvalue weighted by molar-refractivity contribution is 6.36. The summed E-state index contributed by atoms with van der Waals surface area (Å²) in [6.07, 6.45) is 0. The number of hydrogen-bond donors (Lipinski definition) is 1. The van der Waals surface area contributed by atoms with Crippen molar-refractivity contribution in [3.05, 3.63) is 45.1 Å². The second-order valence-electron chi connectivity index (χ2n) is 4.42. The molecule has 0 aliphatic rings. The van der Waals surface area contributed by atoms with Crippen molar-refractivity contribution >= 4 is 29.1 Å². The fourth-order valence-corrected chi connectivity index (χ4v) is 2.09. The fraction of sp³-hybridized carbons (Fsp3) is 0.308. The molecule has 1 atom stereocenters. The first-order valence-electron chi connectivity index (χ1n) is 5.95. The molecule has 0 aliphatic carbocycles. The van der Waals surface area contributed by atoms with Crippen molar-refractivity contribution in [3.8, 4) is 0 Å². The lowest BCUT2D eigenvalue weighted by Gasteiger charge is -2.11. The maximum absolute atomic E-state index is 12.1. The molecule has 106 valence electrons. The van der Waals surface area contributed by atoms with Crippen molar-refractivity contribution in [2.45, 2.75) is 26.8 Å². The van der Waals surface area contributed by atoms with Crippen molar-refractivity contribution < 1.29 is 9.21 Å². The summed E-state index contributed by atoms with van der Waals surface area (Å²) in [6, 6.07) is 2.75. The summed E-state index contributed by atoms with van der Waals surface area (Å²) >= 11 is 12.0. The summed E-state index contributed by atoms with van der Waals surface area (Å²) in [4.78, 5) is 12.1. The van der Waals surface area contributed by atoms with Gasteiger partial charge < -0.3 is 9.73 Å². The van der Waals surface area contributed by atoms with Gasteiger partial charge in [-0.05, 0) is 31.5 Å². The van der Waals surface area contributed by atoms with Gasteiger partial charge in [0.25, 0.3) is 5.91 Å². The van der Waals surface area contributed by atoms with Gasteiger partial charge in [-0.3, -0.25) is 4.79 Å². The minimum atomic E-state index is -0.400. The van der Waals surface area contributed by atoms with E-state index >= 15 is 0 Å². The molecule has 0 radical (unpaired) electrons. The minimum absolute atomic E-state index is 0.308. The average molecular weight is 314 g/mol. The van der Waals surface area contributed by atoms with Crippen molar-refractivity contribution in [2.24, 2.45) is 0 Å². The van der Waals surface area contributed by atoms with Crippen molar-refractivity contribution in [1.29, 1.82) is 0 Å². The molecule has 1 amide bonds. The van der Waals surface area contributed by atoms with Crippen LogP contribution in [0.1, 0.15) is 40.7 Å². The van der Waals surface area contributed by atoms with E-state index in [2.05, 4.69) is 15.5 Å². The van der Waals surface area contributed by atoms with Crippen LogP contribution < -0.4 is 5.32 Å². The molecular formula is C13H13Cl2N3O2. The monoisotopic (exact) mass is 313 g/mol. The molecule has 1 aromatic heterocycles. The Morgan fingerprint density at radius 2 is 1.85 bits per heavy atom. The normalized spacial score (nSPS) is 12.2. The Labute approximate surface area is 126 Å². The second-order valence-corrected chi connectivity index (χ2v) is 5.23. The van der Waals surface area contributed by atoms with Crippen LogP contribution in [-0.2, 0) is 0 Å². The summed E-state index contributed by atoms with van der Waals surface area (Å²) in [7, 11) is 0. The van der Waals surface area contributed by atoms with Crippen LogP contribution in [0.2, 0.25) is 10.0 Å². The molecule has 2 aromatic rings. The molecule has 1 heterocycles. The predicted molar refractivity (Wildman–Crippen MR) is 76.1 cm³/mol. The lowest BCUT2D eigenvalue weighted by Crippen LogP contribution is -2.27. The van der Waals surface area contributed by atoms with E-state index < -0.39 is 6.04 Å². The van der Waals surface area contributed by atoms with Crippen LogP contribution in [0.5, 0.6) is 0 Å². The molecule has 0 aliphatic heterocycles. The van der Waals surface area contributed by atoms with Gasteiger partial charge in [0.1, 0.15) is 6.04 Å². The Hall–Kier alpha value is -1.59. The fourth-order valence-electron chi connectivity index (χ4n) is 1.60. The Bertz CT molecular complexity index is 632. The molecule has 0 fully saturated rings. The van der Waals surface area contributed by atoms with Crippen molar-refractivity contribution in [1.82, 2.24) is 15.5 Å². The number of benzene rings is 1. The van der Waals surface area contributed by atoms with E-state index in [1.807, 2.05) is 0 Å². The first-order valence-corrected chi connectivity index (χ1v) is 6.70. The number of nitrogens with zero attached hydrogens (tertiary/aromatic N) is 2. The summed E-state index contributed by atoms with van der Waals surface area (Å²) in [5.41, 5.74) is 1.12. The number of nitrogens with one attached hydrogen (secondary N) is 1. The van der Waals surface area contributed by atoms with Crippen molar-refractivity contribution in [3.63, 3.8) is 0 Å². The van der Waals surface area contributed by atoms with Crippen molar-refractivity contribution in [2.75, 3.05) is 0 Å². The van der Waals surface area contributed by atoms with Crippen LogP contribution in [0, 0.1) is 13.8 Å². The van der Waals surface area contributed by atoms with Crippen LogP contribution in [0.25, 0.3) is 0 Å². The van der Waals surface area contributed by atoms with Crippen LogP contribution >= 0.6 is 23.2 Å². The van der Waals surface area contributed by atoms with Crippen LogP contribution in [0.15, 0.2) is 16.5 Å². The quantitative estimate of drug-likeness (QED) is 0.941. The third-order valence-corrected chi connectivity index (χ3v) is 3.59. The largest absolute Gasteiger partial charge is 0.423 e. The zero-order chi connectivity index (χ0) is 14.9. The lowest BCUT2D eigenvalue weighted by atomic mass is 10.1. The molecule has 0 bridgehead atoms. The average Bonchev–Trinajstić information content (AvgIpc) is 2.82. The molecule has 1 aromatic carbocycles. The third-order valence-electron chi connectivity index (χ3n) is 2.80. The van der Waals surface area contributed by atoms with Gasteiger partial charge in [0.2, 0.25) is 11.8 Å². The molecule has 5 nitrogen and oxygen atoms in total. The number of aromatic nitrogens is 2. The Balaban J connectivity index is 2.16. The van der Waals surface area contributed by atoms with E-state index in [4.69, 9.17) is 27.6 Å². The van der Waals surface area contributed by atoms with Gasteiger partial charge in [-0.25, -0.2) is 0 Å². The van der Waals surface area contributed by atoms with Gasteiger partial charge in [-0.15, -0.1) is 10.2 Å². The van der Waals surface area contributed by atoms with Crippen LogP contribution in [0.4, 0.5) is 0 Å². The number of carbonyl (C=O) groups is 1. The topological polar surface area (TPSA) is 68.0 Å². The first kappa shape index (κ1) is 14.8. The predicted octanol–water partition coefficient (Wildman–Crippen LogP) is 3.48.